The maximum absolute atomic E-state index is 12.7. The molecule has 0 fully saturated rings. The number of carbonyl (C=O) groups excluding carboxylic acids is 1. The van der Waals surface area contributed by atoms with Crippen LogP contribution in [-0.4, -0.2) is 49.1 Å². The zero-order chi connectivity index (χ0) is 20.5. The first-order valence-electron chi connectivity index (χ1n) is 9.14. The Balaban J connectivity index is 2.89. The number of benzene rings is 1. The smallest absolute Gasteiger partial charge is 0.241 e. The fraction of sp³-hybridized carbons (Fsp3) is 0.632. The Labute approximate surface area is 167 Å². The average molecular weight is 418 g/mol. The SMILES string of the molecule is CCCCOc1ccc(S(=O)(=O)N[C@@H](C(C)=O)C(C)(C)SCCCO)cc1. The molecule has 0 amide bonds. The summed E-state index contributed by atoms with van der Waals surface area (Å²) in [7, 11) is -3.85. The molecule has 0 spiro atoms. The van der Waals surface area contributed by atoms with E-state index in [9.17, 15) is 13.2 Å². The van der Waals surface area contributed by atoms with Crippen molar-refractivity contribution in [2.75, 3.05) is 19.0 Å². The van der Waals surface area contributed by atoms with Gasteiger partial charge in [-0.05, 0) is 63.6 Å². The van der Waals surface area contributed by atoms with Crippen molar-refractivity contribution < 1.29 is 23.1 Å². The quantitative estimate of drug-likeness (QED) is 0.479. The number of ether oxygens (including phenoxy) is 1. The van der Waals surface area contributed by atoms with Gasteiger partial charge in [-0.3, -0.25) is 4.79 Å². The van der Waals surface area contributed by atoms with Gasteiger partial charge in [-0.1, -0.05) is 13.3 Å². The summed E-state index contributed by atoms with van der Waals surface area (Å²) >= 11 is 1.46. The third-order valence-corrected chi connectivity index (χ3v) is 6.96. The van der Waals surface area contributed by atoms with E-state index in [-0.39, 0.29) is 17.3 Å². The van der Waals surface area contributed by atoms with Crippen LogP contribution < -0.4 is 9.46 Å². The van der Waals surface area contributed by atoms with E-state index < -0.39 is 20.8 Å². The second-order valence-electron chi connectivity index (χ2n) is 6.87. The Kier molecular flexibility index (Phi) is 9.80. The number of rotatable bonds is 13. The number of aliphatic hydroxyl groups is 1. The molecule has 0 saturated heterocycles. The summed E-state index contributed by atoms with van der Waals surface area (Å²) in [5, 5.41) is 8.93. The second kappa shape index (κ2) is 11.0. The molecule has 0 aliphatic carbocycles. The molecule has 27 heavy (non-hydrogen) atoms. The van der Waals surface area contributed by atoms with Crippen LogP contribution in [0, 0.1) is 0 Å². The molecule has 0 aliphatic heterocycles. The van der Waals surface area contributed by atoms with Crippen LogP contribution in [0.15, 0.2) is 29.2 Å². The average Bonchev–Trinajstić information content (AvgIpc) is 2.60. The number of thioether (sulfide) groups is 1. The minimum atomic E-state index is -3.85. The highest BCUT2D eigenvalue weighted by atomic mass is 32.2. The van der Waals surface area contributed by atoms with Gasteiger partial charge in [0, 0.05) is 11.4 Å². The fourth-order valence-electron chi connectivity index (χ4n) is 2.47. The highest BCUT2D eigenvalue weighted by molar-refractivity contribution is 8.00. The second-order valence-corrected chi connectivity index (χ2v) is 10.3. The van der Waals surface area contributed by atoms with Crippen molar-refractivity contribution >= 4 is 27.6 Å². The van der Waals surface area contributed by atoms with Gasteiger partial charge in [0.25, 0.3) is 0 Å². The monoisotopic (exact) mass is 417 g/mol. The van der Waals surface area contributed by atoms with Gasteiger partial charge in [-0.15, -0.1) is 0 Å². The fourth-order valence-corrected chi connectivity index (χ4v) is 5.14. The van der Waals surface area contributed by atoms with Crippen LogP contribution in [0.2, 0.25) is 0 Å². The maximum Gasteiger partial charge on any atom is 0.241 e. The lowest BCUT2D eigenvalue weighted by Crippen LogP contribution is -2.51. The zero-order valence-corrected chi connectivity index (χ0v) is 18.2. The van der Waals surface area contributed by atoms with E-state index >= 15 is 0 Å². The predicted octanol–water partition coefficient (Wildman–Crippen LogP) is 3.00. The lowest BCUT2D eigenvalue weighted by molar-refractivity contribution is -0.119. The van der Waals surface area contributed by atoms with Gasteiger partial charge in [-0.2, -0.15) is 16.5 Å². The predicted molar refractivity (Wildman–Crippen MR) is 110 cm³/mol. The molecular weight excluding hydrogens is 386 g/mol. The summed E-state index contributed by atoms with van der Waals surface area (Å²) in [5.74, 6) is 1.00. The Bertz CT molecular complexity index is 687. The summed E-state index contributed by atoms with van der Waals surface area (Å²) in [6, 6.07) is 5.33. The summed E-state index contributed by atoms with van der Waals surface area (Å²) in [6.45, 7) is 7.76. The van der Waals surface area contributed by atoms with Crippen molar-refractivity contribution in [1.82, 2.24) is 4.72 Å². The molecule has 0 aliphatic rings. The summed E-state index contributed by atoms with van der Waals surface area (Å²) in [5.41, 5.74) is 0. The van der Waals surface area contributed by atoms with E-state index in [0.29, 0.717) is 24.5 Å². The van der Waals surface area contributed by atoms with Crippen LogP contribution in [0.25, 0.3) is 0 Å². The van der Waals surface area contributed by atoms with Crippen molar-refractivity contribution in [3.63, 3.8) is 0 Å². The Hall–Kier alpha value is -1.09. The number of hydrogen-bond donors (Lipinski definition) is 2. The molecule has 8 heteroatoms. The minimum Gasteiger partial charge on any atom is -0.494 e. The van der Waals surface area contributed by atoms with Crippen LogP contribution in [-0.2, 0) is 14.8 Å². The zero-order valence-electron chi connectivity index (χ0n) is 16.5. The molecule has 6 nitrogen and oxygen atoms in total. The van der Waals surface area contributed by atoms with E-state index in [1.54, 1.807) is 12.1 Å². The molecule has 0 bridgehead atoms. The summed E-state index contributed by atoms with van der Waals surface area (Å²) < 4.78 is 32.9. The molecule has 0 heterocycles. The maximum atomic E-state index is 12.7. The molecule has 0 radical (unpaired) electrons. The van der Waals surface area contributed by atoms with Gasteiger partial charge in [0.2, 0.25) is 10.0 Å². The van der Waals surface area contributed by atoms with Crippen molar-refractivity contribution in [3.05, 3.63) is 24.3 Å². The highest BCUT2D eigenvalue weighted by Gasteiger charge is 2.36. The van der Waals surface area contributed by atoms with Crippen LogP contribution in [0.3, 0.4) is 0 Å². The van der Waals surface area contributed by atoms with Crippen LogP contribution in [0.5, 0.6) is 5.75 Å². The van der Waals surface area contributed by atoms with Gasteiger partial charge in [0.1, 0.15) is 11.5 Å². The van der Waals surface area contributed by atoms with Crippen molar-refractivity contribution in [2.24, 2.45) is 0 Å². The normalized spacial score (nSPS) is 13.4. The lowest BCUT2D eigenvalue weighted by atomic mass is 10.0. The van der Waals surface area contributed by atoms with Gasteiger partial charge in [0.15, 0.2) is 0 Å². The first-order valence-corrected chi connectivity index (χ1v) is 11.6. The molecule has 0 aromatic heterocycles. The number of carbonyl (C=O) groups is 1. The Morgan fingerprint density at radius 1 is 1.26 bits per heavy atom. The Morgan fingerprint density at radius 3 is 2.41 bits per heavy atom. The summed E-state index contributed by atoms with van der Waals surface area (Å²) in [4.78, 5) is 12.2. The summed E-state index contributed by atoms with van der Waals surface area (Å²) in [6.07, 6.45) is 2.55. The van der Waals surface area contributed by atoms with Crippen LogP contribution in [0.1, 0.15) is 47.0 Å². The number of sulfonamides is 1. The largest absolute Gasteiger partial charge is 0.494 e. The van der Waals surface area contributed by atoms with E-state index in [1.165, 1.54) is 30.8 Å². The molecule has 154 valence electrons. The number of unbranched alkanes of at least 4 members (excludes halogenated alkanes) is 1. The van der Waals surface area contributed by atoms with Crippen molar-refractivity contribution in [2.45, 2.75) is 62.6 Å². The highest BCUT2D eigenvalue weighted by Crippen LogP contribution is 2.30. The molecule has 1 aromatic carbocycles. The number of Topliss-reactive ketones (excluding diaryl/α,β-unsaturated/α-hetero) is 1. The molecule has 0 unspecified atom stereocenters. The lowest BCUT2D eigenvalue weighted by Gasteiger charge is -2.32. The van der Waals surface area contributed by atoms with Gasteiger partial charge in [0.05, 0.1) is 17.5 Å². The molecule has 1 aromatic rings. The van der Waals surface area contributed by atoms with E-state index in [2.05, 4.69) is 11.6 Å². The number of hydrogen-bond acceptors (Lipinski definition) is 6. The van der Waals surface area contributed by atoms with E-state index in [4.69, 9.17) is 9.84 Å². The van der Waals surface area contributed by atoms with Crippen LogP contribution in [0.4, 0.5) is 0 Å². The van der Waals surface area contributed by atoms with Crippen molar-refractivity contribution in [3.8, 4) is 5.75 Å². The minimum absolute atomic E-state index is 0.0617. The molecule has 1 atom stereocenters. The topological polar surface area (TPSA) is 92.7 Å². The first kappa shape index (κ1) is 23.9. The Morgan fingerprint density at radius 2 is 1.89 bits per heavy atom. The standard InChI is InChI=1S/C19H31NO5S2/c1-5-6-13-25-16-8-10-17(11-9-16)27(23,24)20-18(15(2)22)19(3,4)26-14-7-12-21/h8-11,18,20-21H,5-7,12-14H2,1-4H3/t18-/m0/s1. The van der Waals surface area contributed by atoms with Gasteiger partial charge >= 0.3 is 0 Å². The van der Waals surface area contributed by atoms with E-state index in [1.807, 2.05) is 13.8 Å². The van der Waals surface area contributed by atoms with Gasteiger partial charge in [-0.25, -0.2) is 8.42 Å². The van der Waals surface area contributed by atoms with E-state index in [0.717, 1.165) is 12.8 Å². The number of aliphatic hydroxyl groups excluding tert-OH is 1. The number of ketones is 1. The van der Waals surface area contributed by atoms with Gasteiger partial charge < -0.3 is 9.84 Å². The van der Waals surface area contributed by atoms with Crippen LogP contribution >= 0.6 is 11.8 Å². The molecule has 1 rings (SSSR count). The first-order chi connectivity index (χ1) is 12.6. The third-order valence-electron chi connectivity index (χ3n) is 4.05. The van der Waals surface area contributed by atoms with Crippen molar-refractivity contribution in [1.29, 1.82) is 0 Å². The molecular formula is C19H31NO5S2. The molecule has 2 N–H and O–H groups in total. The third kappa shape index (κ3) is 7.81. The molecule has 0 saturated carbocycles. The number of nitrogens with one attached hydrogen (secondary N) is 1.